The molecule has 14 heavy (non-hydrogen) atoms. The third-order valence-electron chi connectivity index (χ3n) is 1.59. The van der Waals surface area contributed by atoms with Crippen LogP contribution < -0.4 is 11.5 Å². The predicted molar refractivity (Wildman–Crippen MR) is 55.6 cm³/mol. The fourth-order valence-electron chi connectivity index (χ4n) is 0.795. The molecule has 0 unspecified atom stereocenters. The summed E-state index contributed by atoms with van der Waals surface area (Å²) in [7, 11) is 0. The van der Waals surface area contributed by atoms with Gasteiger partial charge in [-0.2, -0.15) is 0 Å². The Hall–Kier alpha value is -0.940. The van der Waals surface area contributed by atoms with Gasteiger partial charge in [0, 0.05) is 19.0 Å². The summed E-state index contributed by atoms with van der Waals surface area (Å²) >= 11 is 0. The number of nitrogens with two attached hydrogens (primary N) is 2. The normalized spacial score (nSPS) is 15.7. The Morgan fingerprint density at radius 1 is 1.64 bits per heavy atom. The summed E-state index contributed by atoms with van der Waals surface area (Å²) in [5.74, 6) is 0.184. The summed E-state index contributed by atoms with van der Waals surface area (Å²) in [6.45, 7) is 1.87. The van der Waals surface area contributed by atoms with Gasteiger partial charge in [-0.1, -0.05) is 6.08 Å². The summed E-state index contributed by atoms with van der Waals surface area (Å²) < 4.78 is 13.0. The highest BCUT2D eigenvalue weighted by Crippen LogP contribution is 2.05. The average Bonchev–Trinajstić information content (AvgIpc) is 2.13. The largest absolute Gasteiger partial charge is 0.395 e. The molecule has 5 N–H and O–H groups in total. The number of rotatable bonds is 6. The fraction of sp³-hybridized carbons (Fsp3) is 0.667. The van der Waals surface area contributed by atoms with Crippen molar-refractivity contribution in [1.82, 2.24) is 0 Å². The topological polar surface area (TPSA) is 84.6 Å². The Balaban J connectivity index is 3.72. The van der Waals surface area contributed by atoms with Gasteiger partial charge in [-0.25, -0.2) is 4.39 Å². The van der Waals surface area contributed by atoms with Crippen molar-refractivity contribution in [3.05, 3.63) is 11.9 Å². The van der Waals surface area contributed by atoms with Crippen molar-refractivity contribution in [3.63, 3.8) is 0 Å². The lowest BCUT2D eigenvalue weighted by molar-refractivity contribution is 0.266. The molecule has 0 saturated heterocycles. The number of aliphatic imine (C=N–C) groups is 1. The van der Waals surface area contributed by atoms with Crippen LogP contribution in [0.25, 0.3) is 0 Å². The third-order valence-corrected chi connectivity index (χ3v) is 1.59. The lowest BCUT2D eigenvalue weighted by Crippen LogP contribution is -2.23. The predicted octanol–water partition coefficient (Wildman–Crippen LogP) is 0.317. The van der Waals surface area contributed by atoms with Gasteiger partial charge in [0.2, 0.25) is 0 Å². The van der Waals surface area contributed by atoms with E-state index in [9.17, 15) is 4.39 Å². The van der Waals surface area contributed by atoms with Gasteiger partial charge in [0.15, 0.2) is 0 Å². The van der Waals surface area contributed by atoms with Crippen molar-refractivity contribution in [1.29, 1.82) is 0 Å². The zero-order valence-electron chi connectivity index (χ0n) is 8.41. The molecular weight excluding hydrogens is 185 g/mol. The highest BCUT2D eigenvalue weighted by Gasteiger charge is 1.99. The molecule has 4 nitrogen and oxygen atoms in total. The third kappa shape index (κ3) is 7.70. The first-order chi connectivity index (χ1) is 6.56. The van der Waals surface area contributed by atoms with E-state index in [0.717, 1.165) is 0 Å². The number of aliphatic hydroxyl groups is 1. The van der Waals surface area contributed by atoms with Crippen LogP contribution in [0.4, 0.5) is 4.39 Å². The van der Waals surface area contributed by atoms with Gasteiger partial charge in [-0.3, -0.25) is 4.99 Å². The van der Waals surface area contributed by atoms with E-state index in [1.807, 2.05) is 0 Å². The first kappa shape index (κ1) is 13.1. The van der Waals surface area contributed by atoms with Gasteiger partial charge in [-0.05, 0) is 13.3 Å². The van der Waals surface area contributed by atoms with Crippen molar-refractivity contribution in [2.45, 2.75) is 25.8 Å². The fourth-order valence-corrected chi connectivity index (χ4v) is 0.795. The van der Waals surface area contributed by atoms with Crippen molar-refractivity contribution < 1.29 is 9.50 Å². The van der Waals surface area contributed by atoms with E-state index in [1.165, 1.54) is 6.08 Å². The molecule has 0 rings (SSSR count). The number of hydrogen-bond acceptors (Lipinski definition) is 3. The second kappa shape index (κ2) is 7.46. The molecule has 1 atom stereocenters. The van der Waals surface area contributed by atoms with Gasteiger partial charge in [0.25, 0.3) is 0 Å². The molecule has 82 valence electrons. The summed E-state index contributed by atoms with van der Waals surface area (Å²) in [5.41, 5.74) is 10.7. The Kier molecular flexibility index (Phi) is 6.96. The maximum absolute atomic E-state index is 13.0. The van der Waals surface area contributed by atoms with E-state index < -0.39 is 0 Å². The lowest BCUT2D eigenvalue weighted by Gasteiger charge is -2.03. The molecule has 0 aliphatic rings. The number of amidine groups is 1. The van der Waals surface area contributed by atoms with Crippen LogP contribution in [0.2, 0.25) is 0 Å². The molecule has 5 heteroatoms. The Morgan fingerprint density at radius 2 is 2.29 bits per heavy atom. The molecule has 0 aliphatic carbocycles. The molecule has 0 aromatic carbocycles. The molecule has 0 saturated carbocycles. The van der Waals surface area contributed by atoms with Gasteiger partial charge in [0.05, 0.1) is 18.3 Å². The van der Waals surface area contributed by atoms with Crippen LogP contribution in [-0.2, 0) is 0 Å². The maximum atomic E-state index is 13.0. The van der Waals surface area contributed by atoms with E-state index in [-0.39, 0.29) is 24.9 Å². The van der Waals surface area contributed by atoms with Crippen molar-refractivity contribution in [3.8, 4) is 0 Å². The van der Waals surface area contributed by atoms with Crippen molar-refractivity contribution >= 4 is 5.84 Å². The van der Waals surface area contributed by atoms with Gasteiger partial charge in [0.1, 0.15) is 0 Å². The second-order valence-corrected chi connectivity index (χ2v) is 3.10. The van der Waals surface area contributed by atoms with E-state index in [1.54, 1.807) is 6.92 Å². The van der Waals surface area contributed by atoms with Crippen LogP contribution in [0.1, 0.15) is 19.8 Å². The van der Waals surface area contributed by atoms with Crippen LogP contribution in [-0.4, -0.2) is 30.1 Å². The highest BCUT2D eigenvalue weighted by molar-refractivity contribution is 5.77. The van der Waals surface area contributed by atoms with Crippen molar-refractivity contribution in [2.24, 2.45) is 16.5 Å². The van der Waals surface area contributed by atoms with E-state index >= 15 is 0 Å². The van der Waals surface area contributed by atoms with E-state index in [4.69, 9.17) is 16.6 Å². The first-order valence-electron chi connectivity index (χ1n) is 4.53. The molecule has 0 aromatic rings. The molecule has 0 bridgehead atoms. The maximum Gasteiger partial charge on any atom is 0.0978 e. The summed E-state index contributed by atoms with van der Waals surface area (Å²) in [6, 6.07) is -0.388. The average molecular weight is 203 g/mol. The summed E-state index contributed by atoms with van der Waals surface area (Å²) in [6.07, 6.45) is 1.95. The van der Waals surface area contributed by atoms with Gasteiger partial charge in [-0.15, -0.1) is 0 Å². The lowest BCUT2D eigenvalue weighted by atomic mass is 10.2. The van der Waals surface area contributed by atoms with Crippen LogP contribution in [0.3, 0.4) is 0 Å². The van der Waals surface area contributed by atoms with Gasteiger partial charge >= 0.3 is 0 Å². The molecule has 0 heterocycles. The summed E-state index contributed by atoms with van der Waals surface area (Å²) in [4.78, 5) is 3.84. The minimum absolute atomic E-state index is 0.135. The quantitative estimate of drug-likeness (QED) is 0.429. The number of aliphatic hydroxyl groups excluding tert-OH is 1. The number of hydrogen-bond donors (Lipinski definition) is 3. The Bertz CT molecular complexity index is 212. The molecule has 0 radical (unpaired) electrons. The molecule has 0 spiro atoms. The second-order valence-electron chi connectivity index (χ2n) is 3.10. The minimum atomic E-state index is -0.388. The molecule has 0 amide bonds. The zero-order chi connectivity index (χ0) is 11.0. The van der Waals surface area contributed by atoms with Crippen LogP contribution in [0.5, 0.6) is 0 Å². The smallest absolute Gasteiger partial charge is 0.0978 e. The molecular formula is C9H18FN3O. The van der Waals surface area contributed by atoms with Crippen LogP contribution >= 0.6 is 0 Å². The molecule has 0 aliphatic heterocycles. The number of nitrogens with zero attached hydrogens (tertiary/aromatic N) is 1. The number of halogens is 1. The standard InChI is InChI=1S/C9H18FN3O/c1-7(11)13-5-4-8(10)2-3-9(12)6-14/h2,9,14H,3-6,12H2,1H3,(H2,11,13)/t9-/m0/s1. The molecule has 0 aromatic heterocycles. The SMILES string of the molecule is CC(N)=NCCC(F)=CC[C@H](N)CO. The Morgan fingerprint density at radius 3 is 2.79 bits per heavy atom. The van der Waals surface area contributed by atoms with Crippen LogP contribution in [0, 0.1) is 0 Å². The van der Waals surface area contributed by atoms with Gasteiger partial charge < -0.3 is 16.6 Å². The molecule has 0 fully saturated rings. The van der Waals surface area contributed by atoms with E-state index in [0.29, 0.717) is 18.8 Å². The minimum Gasteiger partial charge on any atom is -0.395 e. The van der Waals surface area contributed by atoms with Crippen molar-refractivity contribution in [2.75, 3.05) is 13.2 Å². The zero-order valence-corrected chi connectivity index (χ0v) is 8.41. The first-order valence-corrected chi connectivity index (χ1v) is 4.53. The highest BCUT2D eigenvalue weighted by atomic mass is 19.1. The van der Waals surface area contributed by atoms with E-state index in [2.05, 4.69) is 4.99 Å². The van der Waals surface area contributed by atoms with Crippen LogP contribution in [0.15, 0.2) is 16.9 Å². The monoisotopic (exact) mass is 203 g/mol. The Labute approximate surface area is 83.5 Å². The summed E-state index contributed by atoms with van der Waals surface area (Å²) in [5, 5.41) is 8.58.